The van der Waals surface area contributed by atoms with E-state index >= 15 is 0 Å². The van der Waals surface area contributed by atoms with Gasteiger partial charge in [-0.2, -0.15) is 0 Å². The van der Waals surface area contributed by atoms with Gasteiger partial charge < -0.3 is 15.3 Å². The summed E-state index contributed by atoms with van der Waals surface area (Å²) in [5, 5.41) is 31.4. The Morgan fingerprint density at radius 1 is 1.17 bits per heavy atom. The number of carboxylic acid groups (broad SMARTS) is 1. The molecule has 1 saturated carbocycles. The van der Waals surface area contributed by atoms with E-state index in [1.54, 1.807) is 41.8 Å². The van der Waals surface area contributed by atoms with Gasteiger partial charge in [0.2, 0.25) is 0 Å². The van der Waals surface area contributed by atoms with Gasteiger partial charge in [-0.15, -0.1) is 11.3 Å². The molecule has 1 aliphatic rings. The van der Waals surface area contributed by atoms with Crippen molar-refractivity contribution in [2.24, 2.45) is 0 Å². The maximum atomic E-state index is 13.8. The summed E-state index contributed by atoms with van der Waals surface area (Å²) in [4.78, 5) is 20.2. The summed E-state index contributed by atoms with van der Waals surface area (Å²) < 4.78 is 14.7. The van der Waals surface area contributed by atoms with Crippen molar-refractivity contribution in [3.63, 3.8) is 0 Å². The predicted octanol–water partition coefficient (Wildman–Crippen LogP) is 5.64. The van der Waals surface area contributed by atoms with Crippen LogP contribution in [-0.2, 0) is 4.79 Å². The van der Waals surface area contributed by atoms with Crippen molar-refractivity contribution in [2.75, 3.05) is 0 Å². The van der Waals surface area contributed by atoms with Crippen LogP contribution in [0.2, 0.25) is 0 Å². The van der Waals surface area contributed by atoms with Crippen LogP contribution in [0, 0.1) is 5.82 Å². The number of carboxylic acids is 1. The molecule has 36 heavy (non-hydrogen) atoms. The lowest BCUT2D eigenvalue weighted by Crippen LogP contribution is -2.19. The standard InChI is InChI=1S/C28H25FN2O4S/c29-19-7-5-16(6-8-19)25-22(10-9-20(32)12-21(33)13-24(34)35)26(17-3-4-17)31-27-23(15-36-28(25)27)18-2-1-11-30-14-18/h1-2,5-11,14-15,17,20-21,32-33H,3-4,12-13H2,(H,34,35)/b10-9+/t20-,21-/m1/s1. The first-order chi connectivity index (χ1) is 17.4. The molecule has 0 amide bonds. The Morgan fingerprint density at radius 2 is 1.94 bits per heavy atom. The Morgan fingerprint density at radius 3 is 2.61 bits per heavy atom. The van der Waals surface area contributed by atoms with Crippen LogP contribution < -0.4 is 0 Å². The molecule has 0 radical (unpaired) electrons. The van der Waals surface area contributed by atoms with Crippen molar-refractivity contribution >= 4 is 33.6 Å². The summed E-state index contributed by atoms with van der Waals surface area (Å²) in [5.41, 5.74) is 6.34. The van der Waals surface area contributed by atoms with Gasteiger partial charge in [-0.05, 0) is 36.6 Å². The Hall–Kier alpha value is -3.46. The van der Waals surface area contributed by atoms with Gasteiger partial charge in [-0.3, -0.25) is 14.8 Å². The summed E-state index contributed by atoms with van der Waals surface area (Å²) in [6.45, 7) is 0. The van der Waals surface area contributed by atoms with E-state index < -0.39 is 24.6 Å². The second-order valence-corrected chi connectivity index (χ2v) is 9.93. The minimum absolute atomic E-state index is 0.0900. The van der Waals surface area contributed by atoms with E-state index in [0.29, 0.717) is 0 Å². The van der Waals surface area contributed by atoms with Crippen LogP contribution in [-0.4, -0.2) is 43.5 Å². The molecule has 1 aliphatic carbocycles. The lowest BCUT2D eigenvalue weighted by Gasteiger charge is -2.15. The number of aliphatic carboxylic acids is 1. The van der Waals surface area contributed by atoms with Gasteiger partial charge in [0.15, 0.2) is 0 Å². The molecule has 8 heteroatoms. The fourth-order valence-corrected chi connectivity index (χ4v) is 5.48. The minimum atomic E-state index is -1.15. The zero-order valence-electron chi connectivity index (χ0n) is 19.3. The SMILES string of the molecule is O=C(O)C[C@H](O)C[C@H](O)/C=C/c1c(C2CC2)nc2c(-c3cccnc3)csc2c1-c1ccc(F)cc1. The van der Waals surface area contributed by atoms with E-state index in [1.165, 1.54) is 12.1 Å². The first kappa shape index (κ1) is 24.2. The van der Waals surface area contributed by atoms with Gasteiger partial charge in [0.05, 0.1) is 34.5 Å². The first-order valence-electron chi connectivity index (χ1n) is 11.8. The van der Waals surface area contributed by atoms with Gasteiger partial charge >= 0.3 is 5.97 Å². The minimum Gasteiger partial charge on any atom is -0.481 e. The van der Waals surface area contributed by atoms with Crippen molar-refractivity contribution in [3.05, 3.63) is 77.3 Å². The van der Waals surface area contributed by atoms with Crippen molar-refractivity contribution in [1.29, 1.82) is 0 Å². The van der Waals surface area contributed by atoms with Gasteiger partial charge in [0.25, 0.3) is 0 Å². The number of pyridine rings is 2. The van der Waals surface area contributed by atoms with Crippen molar-refractivity contribution < 1.29 is 24.5 Å². The van der Waals surface area contributed by atoms with Crippen molar-refractivity contribution in [1.82, 2.24) is 9.97 Å². The lowest BCUT2D eigenvalue weighted by atomic mass is 9.94. The third-order valence-corrected chi connectivity index (χ3v) is 7.23. The number of nitrogens with zero attached hydrogens (tertiary/aromatic N) is 2. The zero-order valence-corrected chi connectivity index (χ0v) is 20.2. The number of fused-ring (bicyclic) bond motifs is 1. The number of thiophene rings is 1. The van der Waals surface area contributed by atoms with Crippen LogP contribution >= 0.6 is 11.3 Å². The lowest BCUT2D eigenvalue weighted by molar-refractivity contribution is -0.139. The molecule has 0 bridgehead atoms. The highest BCUT2D eigenvalue weighted by Gasteiger charge is 2.31. The summed E-state index contributed by atoms with van der Waals surface area (Å²) in [6.07, 6.45) is 6.23. The van der Waals surface area contributed by atoms with E-state index in [-0.39, 0.29) is 18.2 Å². The van der Waals surface area contributed by atoms with Crippen LogP contribution in [0.15, 0.2) is 60.2 Å². The highest BCUT2D eigenvalue weighted by molar-refractivity contribution is 7.18. The summed E-state index contributed by atoms with van der Waals surface area (Å²) in [5.74, 6) is -1.16. The third-order valence-electron chi connectivity index (χ3n) is 6.25. The highest BCUT2D eigenvalue weighted by Crippen LogP contribution is 2.48. The highest BCUT2D eigenvalue weighted by atomic mass is 32.1. The fraction of sp³-hybridized carbons (Fsp3) is 0.250. The third kappa shape index (κ3) is 5.21. The number of benzene rings is 1. The molecule has 0 unspecified atom stereocenters. The zero-order chi connectivity index (χ0) is 25.2. The molecule has 4 aromatic rings. The molecule has 5 rings (SSSR count). The predicted molar refractivity (Wildman–Crippen MR) is 138 cm³/mol. The van der Waals surface area contributed by atoms with E-state index in [9.17, 15) is 19.4 Å². The maximum Gasteiger partial charge on any atom is 0.305 e. The number of aliphatic hydroxyl groups is 2. The molecule has 6 nitrogen and oxygen atoms in total. The molecule has 3 heterocycles. The Kier molecular flexibility index (Phi) is 6.91. The van der Waals surface area contributed by atoms with E-state index in [2.05, 4.69) is 10.4 Å². The smallest absolute Gasteiger partial charge is 0.305 e. The molecule has 3 aromatic heterocycles. The second-order valence-electron chi connectivity index (χ2n) is 9.05. The van der Waals surface area contributed by atoms with Crippen LogP contribution in [0.1, 0.15) is 42.9 Å². The van der Waals surface area contributed by atoms with Crippen molar-refractivity contribution in [2.45, 2.75) is 43.8 Å². The Balaban J connectivity index is 1.65. The average molecular weight is 505 g/mol. The number of rotatable bonds is 9. The molecule has 0 spiro atoms. The summed E-state index contributed by atoms with van der Waals surface area (Å²) in [6, 6.07) is 10.2. The van der Waals surface area contributed by atoms with Gasteiger partial charge in [-0.1, -0.05) is 30.4 Å². The number of aromatic nitrogens is 2. The molecule has 2 atom stereocenters. The van der Waals surface area contributed by atoms with Crippen LogP contribution in [0.3, 0.4) is 0 Å². The number of carbonyl (C=O) groups is 1. The molecular formula is C28H25FN2O4S. The van der Waals surface area contributed by atoms with E-state index in [0.717, 1.165) is 56.6 Å². The molecule has 1 fully saturated rings. The normalized spacial score (nSPS) is 15.4. The van der Waals surface area contributed by atoms with Gasteiger partial charge in [-0.25, -0.2) is 4.39 Å². The topological polar surface area (TPSA) is 104 Å². The largest absolute Gasteiger partial charge is 0.481 e. The number of hydrogen-bond donors (Lipinski definition) is 3. The summed E-state index contributed by atoms with van der Waals surface area (Å²) >= 11 is 1.56. The number of aliphatic hydroxyl groups excluding tert-OH is 2. The van der Waals surface area contributed by atoms with E-state index in [4.69, 9.17) is 10.1 Å². The van der Waals surface area contributed by atoms with E-state index in [1.807, 2.05) is 18.3 Å². The summed E-state index contributed by atoms with van der Waals surface area (Å²) in [7, 11) is 0. The quantitative estimate of drug-likeness (QED) is 0.273. The fourth-order valence-electron chi connectivity index (χ4n) is 4.39. The van der Waals surface area contributed by atoms with Crippen molar-refractivity contribution in [3.8, 4) is 22.3 Å². The Bertz CT molecular complexity index is 1420. The van der Waals surface area contributed by atoms with Crippen LogP contribution in [0.25, 0.3) is 38.5 Å². The average Bonchev–Trinajstić information content (AvgIpc) is 3.61. The van der Waals surface area contributed by atoms with Gasteiger partial charge in [0.1, 0.15) is 5.82 Å². The molecule has 0 aliphatic heterocycles. The molecule has 1 aromatic carbocycles. The first-order valence-corrected chi connectivity index (χ1v) is 12.7. The molecule has 184 valence electrons. The Labute approximate surface area is 211 Å². The van der Waals surface area contributed by atoms with Gasteiger partial charge in [0, 0.05) is 52.4 Å². The number of halogens is 1. The van der Waals surface area contributed by atoms with Crippen LogP contribution in [0.4, 0.5) is 4.39 Å². The second kappa shape index (κ2) is 10.3. The molecule has 3 N–H and O–H groups in total. The monoisotopic (exact) mass is 504 g/mol. The molecular weight excluding hydrogens is 479 g/mol. The molecule has 0 saturated heterocycles. The maximum absolute atomic E-state index is 13.8. The number of hydrogen-bond acceptors (Lipinski definition) is 6. The van der Waals surface area contributed by atoms with Crippen LogP contribution in [0.5, 0.6) is 0 Å².